The average Bonchev–Trinajstić information content (AvgIpc) is 2.33. The van der Waals surface area contributed by atoms with Gasteiger partial charge in [0.25, 0.3) is 0 Å². The summed E-state index contributed by atoms with van der Waals surface area (Å²) in [6, 6.07) is 0.204. The van der Waals surface area contributed by atoms with E-state index in [1.54, 1.807) is 21.3 Å². The molecular formula is C12H26N2O3S. The molecule has 1 atom stereocenters. The molecule has 1 N–H and O–H groups in total. The molecule has 1 unspecified atom stereocenters. The number of ether oxygens (including phenoxy) is 3. The van der Waals surface area contributed by atoms with Crippen LogP contribution in [0.3, 0.4) is 0 Å². The summed E-state index contributed by atoms with van der Waals surface area (Å²) in [7, 11) is 5.08. The van der Waals surface area contributed by atoms with Crippen LogP contribution in [0.15, 0.2) is 0 Å². The van der Waals surface area contributed by atoms with Gasteiger partial charge in [0, 0.05) is 47.1 Å². The zero-order chi connectivity index (χ0) is 13.8. The van der Waals surface area contributed by atoms with Gasteiger partial charge in [-0.3, -0.25) is 0 Å². The first-order valence-corrected chi connectivity index (χ1v) is 6.58. The fourth-order valence-electron chi connectivity index (χ4n) is 1.51. The third kappa shape index (κ3) is 8.63. The maximum absolute atomic E-state index is 5.39. The Hall–Kier alpha value is -0.430. The summed E-state index contributed by atoms with van der Waals surface area (Å²) in [6.45, 7) is 5.72. The Morgan fingerprint density at radius 2 is 1.78 bits per heavy atom. The molecule has 0 saturated heterocycles. The van der Waals surface area contributed by atoms with Gasteiger partial charge >= 0.3 is 0 Å². The summed E-state index contributed by atoms with van der Waals surface area (Å²) >= 11 is 5.39. The third-order valence-corrected chi connectivity index (χ3v) is 2.79. The molecule has 0 rings (SSSR count). The SMILES string of the molecule is COCCCN(CCOC)C(=S)NC(C)COC. The van der Waals surface area contributed by atoms with Crippen molar-refractivity contribution >= 4 is 17.3 Å². The second kappa shape index (κ2) is 11.6. The molecule has 0 saturated carbocycles. The van der Waals surface area contributed by atoms with Gasteiger partial charge in [-0.25, -0.2) is 0 Å². The summed E-state index contributed by atoms with van der Waals surface area (Å²) in [5, 5.41) is 4.00. The zero-order valence-electron chi connectivity index (χ0n) is 11.9. The van der Waals surface area contributed by atoms with Gasteiger partial charge in [0.2, 0.25) is 0 Å². The van der Waals surface area contributed by atoms with E-state index in [1.165, 1.54) is 0 Å². The van der Waals surface area contributed by atoms with Crippen LogP contribution in [-0.2, 0) is 14.2 Å². The summed E-state index contributed by atoms with van der Waals surface area (Å²) in [6.07, 6.45) is 0.945. The molecule has 108 valence electrons. The number of nitrogens with one attached hydrogen (secondary N) is 1. The van der Waals surface area contributed by atoms with Gasteiger partial charge in [0.05, 0.1) is 13.2 Å². The Balaban J connectivity index is 4.11. The Kier molecular flexibility index (Phi) is 11.4. The topological polar surface area (TPSA) is 43.0 Å². The normalized spacial score (nSPS) is 12.2. The molecule has 0 aliphatic carbocycles. The van der Waals surface area contributed by atoms with Crippen LogP contribution in [0.5, 0.6) is 0 Å². The number of rotatable bonds is 10. The number of nitrogens with zero attached hydrogens (tertiary/aromatic N) is 1. The molecule has 5 nitrogen and oxygen atoms in total. The van der Waals surface area contributed by atoms with E-state index in [9.17, 15) is 0 Å². The van der Waals surface area contributed by atoms with Gasteiger partial charge < -0.3 is 24.4 Å². The Morgan fingerprint density at radius 1 is 1.11 bits per heavy atom. The first-order valence-electron chi connectivity index (χ1n) is 6.18. The molecule has 0 aliphatic rings. The van der Waals surface area contributed by atoms with Crippen LogP contribution in [0.25, 0.3) is 0 Å². The quantitative estimate of drug-likeness (QED) is 0.473. The minimum absolute atomic E-state index is 0.204. The van der Waals surface area contributed by atoms with E-state index in [4.69, 9.17) is 26.4 Å². The molecule has 0 fully saturated rings. The Morgan fingerprint density at radius 3 is 2.33 bits per heavy atom. The molecule has 0 aromatic rings. The van der Waals surface area contributed by atoms with Gasteiger partial charge in [0.1, 0.15) is 0 Å². The lowest BCUT2D eigenvalue weighted by Crippen LogP contribution is -2.46. The van der Waals surface area contributed by atoms with E-state index in [2.05, 4.69) is 10.2 Å². The van der Waals surface area contributed by atoms with Crippen LogP contribution in [0.2, 0.25) is 0 Å². The lowest BCUT2D eigenvalue weighted by atomic mass is 10.3. The predicted octanol–water partition coefficient (Wildman–Crippen LogP) is 0.881. The van der Waals surface area contributed by atoms with E-state index in [1.807, 2.05) is 6.92 Å². The van der Waals surface area contributed by atoms with Crippen molar-refractivity contribution in [1.82, 2.24) is 10.2 Å². The van der Waals surface area contributed by atoms with Crippen molar-refractivity contribution in [3.8, 4) is 0 Å². The fourth-order valence-corrected chi connectivity index (χ4v) is 1.89. The molecular weight excluding hydrogens is 252 g/mol. The highest BCUT2D eigenvalue weighted by Gasteiger charge is 2.11. The Labute approximate surface area is 116 Å². The highest BCUT2D eigenvalue weighted by molar-refractivity contribution is 7.80. The Bertz CT molecular complexity index is 217. The molecule has 0 aromatic carbocycles. The summed E-state index contributed by atoms with van der Waals surface area (Å²) in [5.74, 6) is 0. The van der Waals surface area contributed by atoms with Crippen LogP contribution in [0.1, 0.15) is 13.3 Å². The maximum atomic E-state index is 5.39. The lowest BCUT2D eigenvalue weighted by Gasteiger charge is -2.27. The fraction of sp³-hybridized carbons (Fsp3) is 0.917. The van der Waals surface area contributed by atoms with E-state index in [0.717, 1.165) is 31.2 Å². The summed E-state index contributed by atoms with van der Waals surface area (Å²) < 4.78 is 15.2. The van der Waals surface area contributed by atoms with E-state index in [0.29, 0.717) is 13.2 Å². The molecule has 0 radical (unpaired) electrons. The minimum atomic E-state index is 0.204. The summed E-state index contributed by atoms with van der Waals surface area (Å²) in [4.78, 5) is 2.10. The van der Waals surface area contributed by atoms with Crippen molar-refractivity contribution < 1.29 is 14.2 Å². The molecule has 0 bridgehead atoms. The van der Waals surface area contributed by atoms with Crippen molar-refractivity contribution in [3.63, 3.8) is 0 Å². The monoisotopic (exact) mass is 278 g/mol. The van der Waals surface area contributed by atoms with Crippen LogP contribution in [0.4, 0.5) is 0 Å². The highest BCUT2D eigenvalue weighted by Crippen LogP contribution is 1.96. The molecule has 0 aromatic heterocycles. The van der Waals surface area contributed by atoms with Gasteiger partial charge in [-0.1, -0.05) is 0 Å². The number of thiocarbonyl (C=S) groups is 1. The van der Waals surface area contributed by atoms with Crippen molar-refractivity contribution in [1.29, 1.82) is 0 Å². The molecule has 0 spiro atoms. The van der Waals surface area contributed by atoms with Gasteiger partial charge in [0.15, 0.2) is 5.11 Å². The van der Waals surface area contributed by atoms with Crippen LogP contribution in [0, 0.1) is 0 Å². The van der Waals surface area contributed by atoms with Crippen molar-refractivity contribution in [2.24, 2.45) is 0 Å². The molecule has 18 heavy (non-hydrogen) atoms. The van der Waals surface area contributed by atoms with Gasteiger partial charge in [-0.15, -0.1) is 0 Å². The molecule has 0 amide bonds. The maximum Gasteiger partial charge on any atom is 0.169 e. The second-order valence-electron chi connectivity index (χ2n) is 4.13. The number of hydrogen-bond acceptors (Lipinski definition) is 4. The van der Waals surface area contributed by atoms with Crippen molar-refractivity contribution in [2.45, 2.75) is 19.4 Å². The average molecular weight is 278 g/mol. The van der Waals surface area contributed by atoms with Crippen LogP contribution in [-0.4, -0.2) is 70.3 Å². The minimum Gasteiger partial charge on any atom is -0.385 e. The van der Waals surface area contributed by atoms with Crippen molar-refractivity contribution in [2.75, 3.05) is 54.2 Å². The van der Waals surface area contributed by atoms with E-state index >= 15 is 0 Å². The summed E-state index contributed by atoms with van der Waals surface area (Å²) in [5.41, 5.74) is 0. The third-order valence-electron chi connectivity index (χ3n) is 2.42. The van der Waals surface area contributed by atoms with Gasteiger partial charge in [-0.05, 0) is 25.6 Å². The van der Waals surface area contributed by atoms with Crippen LogP contribution < -0.4 is 5.32 Å². The first kappa shape index (κ1) is 17.6. The number of hydrogen-bond donors (Lipinski definition) is 1. The standard InChI is InChI=1S/C12H26N2O3S/c1-11(10-17-4)13-12(18)14(7-9-16-3)6-5-8-15-2/h11H,5-10H2,1-4H3,(H,13,18). The first-order chi connectivity index (χ1) is 8.65. The largest absolute Gasteiger partial charge is 0.385 e. The van der Waals surface area contributed by atoms with Crippen molar-refractivity contribution in [3.05, 3.63) is 0 Å². The predicted molar refractivity (Wildman–Crippen MR) is 77.0 cm³/mol. The smallest absolute Gasteiger partial charge is 0.169 e. The molecule has 0 aliphatic heterocycles. The molecule has 6 heteroatoms. The molecule has 0 heterocycles. The van der Waals surface area contributed by atoms with Crippen LogP contribution >= 0.6 is 12.2 Å². The highest BCUT2D eigenvalue weighted by atomic mass is 32.1. The van der Waals surface area contributed by atoms with Gasteiger partial charge in [-0.2, -0.15) is 0 Å². The lowest BCUT2D eigenvalue weighted by molar-refractivity contribution is 0.157. The van der Waals surface area contributed by atoms with E-state index in [-0.39, 0.29) is 6.04 Å². The zero-order valence-corrected chi connectivity index (χ0v) is 12.7. The number of methoxy groups -OCH3 is 3. The second-order valence-corrected chi connectivity index (χ2v) is 4.52. The van der Waals surface area contributed by atoms with E-state index < -0.39 is 0 Å².